The standard InChI is InChI=1S/C36H33N3O2/c1-3-24-15-16-30-32(31(23(2)39(30)22-24)25-10-5-4-6-11-25)36(29-14-7-17-37-33(29)35(40)41-36)28-20-26-12-8-18-38-19-9-13-27(21-28)34(26)38/h4-7,10-11,14-17,20-22H,3,8-9,12-13,18-19H2,1-2H3. The molecule has 8 rings (SSSR count). The van der Waals surface area contributed by atoms with E-state index >= 15 is 0 Å². The maximum absolute atomic E-state index is 13.7. The molecule has 3 aliphatic rings. The molecule has 0 radical (unpaired) electrons. The van der Waals surface area contributed by atoms with Crippen LogP contribution in [0.4, 0.5) is 5.69 Å². The Morgan fingerprint density at radius 1 is 0.951 bits per heavy atom. The molecule has 3 aromatic heterocycles. The molecule has 0 spiro atoms. The van der Waals surface area contributed by atoms with Gasteiger partial charge in [0.15, 0.2) is 11.3 Å². The van der Waals surface area contributed by atoms with E-state index in [1.165, 1.54) is 22.4 Å². The van der Waals surface area contributed by atoms with Crippen LogP contribution < -0.4 is 4.90 Å². The zero-order valence-corrected chi connectivity index (χ0v) is 23.6. The van der Waals surface area contributed by atoms with Gasteiger partial charge in [-0.3, -0.25) is 0 Å². The Labute approximate surface area is 240 Å². The number of fused-ring (bicyclic) bond motifs is 2. The van der Waals surface area contributed by atoms with Crippen molar-refractivity contribution in [2.24, 2.45) is 0 Å². The Bertz CT molecular complexity index is 1820. The van der Waals surface area contributed by atoms with Gasteiger partial charge in [0.25, 0.3) is 0 Å². The van der Waals surface area contributed by atoms with Gasteiger partial charge in [0, 0.05) is 59.1 Å². The molecule has 0 fully saturated rings. The van der Waals surface area contributed by atoms with Crippen LogP contribution in [0.2, 0.25) is 0 Å². The van der Waals surface area contributed by atoms with Crippen LogP contribution in [0.5, 0.6) is 0 Å². The first-order valence-corrected chi connectivity index (χ1v) is 14.9. The fourth-order valence-electron chi connectivity index (χ4n) is 7.62. The lowest BCUT2D eigenvalue weighted by atomic mass is 9.75. The van der Waals surface area contributed by atoms with Crippen LogP contribution in [-0.2, 0) is 29.6 Å². The Morgan fingerprint density at radius 2 is 1.71 bits per heavy atom. The van der Waals surface area contributed by atoms with Crippen LogP contribution in [-0.4, -0.2) is 28.4 Å². The van der Waals surface area contributed by atoms with Crippen molar-refractivity contribution in [3.8, 4) is 11.1 Å². The van der Waals surface area contributed by atoms with E-state index in [1.807, 2.05) is 18.2 Å². The van der Waals surface area contributed by atoms with Crippen molar-refractivity contribution < 1.29 is 9.53 Å². The van der Waals surface area contributed by atoms with Gasteiger partial charge in [0.2, 0.25) is 0 Å². The van der Waals surface area contributed by atoms with Crippen molar-refractivity contribution in [3.63, 3.8) is 0 Å². The van der Waals surface area contributed by atoms with E-state index in [0.29, 0.717) is 5.69 Å². The predicted molar refractivity (Wildman–Crippen MR) is 162 cm³/mol. The number of hydrogen-bond donors (Lipinski definition) is 0. The summed E-state index contributed by atoms with van der Waals surface area (Å²) in [5, 5.41) is 0. The molecule has 6 heterocycles. The van der Waals surface area contributed by atoms with Gasteiger partial charge >= 0.3 is 5.97 Å². The van der Waals surface area contributed by atoms with E-state index in [-0.39, 0.29) is 5.97 Å². The highest BCUT2D eigenvalue weighted by atomic mass is 16.6. The molecule has 1 unspecified atom stereocenters. The Morgan fingerprint density at radius 3 is 2.44 bits per heavy atom. The fourth-order valence-corrected chi connectivity index (χ4v) is 7.62. The summed E-state index contributed by atoms with van der Waals surface area (Å²) < 4.78 is 9.03. The molecule has 0 N–H and O–H groups in total. The van der Waals surface area contributed by atoms with Crippen LogP contribution in [0, 0.1) is 6.92 Å². The Kier molecular flexibility index (Phi) is 5.40. The molecule has 41 heavy (non-hydrogen) atoms. The highest BCUT2D eigenvalue weighted by Gasteiger charge is 2.53. The van der Waals surface area contributed by atoms with E-state index in [1.54, 1.807) is 6.20 Å². The zero-order valence-electron chi connectivity index (χ0n) is 23.6. The van der Waals surface area contributed by atoms with E-state index < -0.39 is 5.60 Å². The maximum Gasteiger partial charge on any atom is 0.358 e. The van der Waals surface area contributed by atoms with Gasteiger partial charge in [-0.15, -0.1) is 0 Å². The minimum absolute atomic E-state index is 0.366. The number of nitrogens with zero attached hydrogens (tertiary/aromatic N) is 3. The molecule has 0 aliphatic carbocycles. The lowest BCUT2D eigenvalue weighted by Gasteiger charge is -2.39. The molecule has 5 nitrogen and oxygen atoms in total. The number of carbonyl (C=O) groups is 1. The number of esters is 1. The summed E-state index contributed by atoms with van der Waals surface area (Å²) in [6.45, 7) is 6.60. The number of benzene rings is 2. The number of aryl methyl sites for hydroxylation is 4. The van der Waals surface area contributed by atoms with Crippen molar-refractivity contribution in [2.45, 2.75) is 51.6 Å². The van der Waals surface area contributed by atoms with Crippen molar-refractivity contribution in [3.05, 3.63) is 124 Å². The lowest BCUT2D eigenvalue weighted by Crippen LogP contribution is -2.36. The highest BCUT2D eigenvalue weighted by Crippen LogP contribution is 2.53. The maximum atomic E-state index is 13.7. The third-order valence-electron chi connectivity index (χ3n) is 9.43. The molecule has 0 bridgehead atoms. The van der Waals surface area contributed by atoms with Gasteiger partial charge in [0.1, 0.15) is 0 Å². The molecular formula is C36H33N3O2. The second kappa shape index (κ2) is 9.07. The van der Waals surface area contributed by atoms with Crippen molar-refractivity contribution in [1.29, 1.82) is 0 Å². The third kappa shape index (κ3) is 3.41. The molecule has 3 aliphatic heterocycles. The average Bonchev–Trinajstić information content (AvgIpc) is 3.49. The van der Waals surface area contributed by atoms with Crippen LogP contribution in [0.1, 0.15) is 69.3 Å². The summed E-state index contributed by atoms with van der Waals surface area (Å²) in [4.78, 5) is 20.9. The molecule has 2 aromatic carbocycles. The number of aromatic nitrogens is 2. The molecule has 1 atom stereocenters. The Hall–Kier alpha value is -4.38. The number of hydrogen-bond acceptors (Lipinski definition) is 4. The molecular weight excluding hydrogens is 506 g/mol. The number of anilines is 1. The number of cyclic esters (lactones) is 1. The summed E-state index contributed by atoms with van der Waals surface area (Å²) in [7, 11) is 0. The number of pyridine rings is 2. The largest absolute Gasteiger partial charge is 0.439 e. The van der Waals surface area contributed by atoms with Gasteiger partial charge in [-0.2, -0.15) is 0 Å². The normalized spacial score (nSPS) is 19.3. The first-order valence-electron chi connectivity index (χ1n) is 14.9. The van der Waals surface area contributed by atoms with Gasteiger partial charge in [-0.25, -0.2) is 9.78 Å². The van der Waals surface area contributed by atoms with Gasteiger partial charge in [-0.05, 0) is 85.5 Å². The first kappa shape index (κ1) is 24.4. The summed E-state index contributed by atoms with van der Waals surface area (Å²) in [6, 6.07) is 23.6. The zero-order chi connectivity index (χ0) is 27.7. The predicted octanol–water partition coefficient (Wildman–Crippen LogP) is 7.03. The lowest BCUT2D eigenvalue weighted by molar-refractivity contribution is 0.0254. The van der Waals surface area contributed by atoms with E-state index in [9.17, 15) is 4.79 Å². The summed E-state index contributed by atoms with van der Waals surface area (Å²) in [5.74, 6) is -0.366. The number of ether oxygens (including phenoxy) is 1. The molecule has 0 saturated heterocycles. The van der Waals surface area contributed by atoms with Gasteiger partial charge in [0.05, 0.1) is 5.52 Å². The van der Waals surface area contributed by atoms with E-state index in [4.69, 9.17) is 4.74 Å². The van der Waals surface area contributed by atoms with Crippen LogP contribution >= 0.6 is 0 Å². The van der Waals surface area contributed by atoms with Gasteiger partial charge in [-0.1, -0.05) is 49.4 Å². The molecule has 5 heteroatoms. The monoisotopic (exact) mass is 539 g/mol. The Balaban J connectivity index is 1.53. The van der Waals surface area contributed by atoms with Crippen molar-refractivity contribution >= 4 is 17.2 Å². The highest BCUT2D eigenvalue weighted by molar-refractivity contribution is 5.97. The fraction of sp³-hybridized carbons (Fsp3) is 0.278. The number of rotatable bonds is 4. The van der Waals surface area contributed by atoms with Crippen molar-refractivity contribution in [2.75, 3.05) is 18.0 Å². The van der Waals surface area contributed by atoms with E-state index in [2.05, 4.69) is 82.9 Å². The minimum Gasteiger partial charge on any atom is -0.439 e. The minimum atomic E-state index is -1.12. The molecule has 204 valence electrons. The van der Waals surface area contributed by atoms with Crippen molar-refractivity contribution in [1.82, 2.24) is 9.38 Å². The second-order valence-corrected chi connectivity index (χ2v) is 11.7. The van der Waals surface area contributed by atoms with Gasteiger partial charge < -0.3 is 14.0 Å². The summed E-state index contributed by atoms with van der Waals surface area (Å²) in [5.41, 5.74) is 12.0. The average molecular weight is 540 g/mol. The quantitative estimate of drug-likeness (QED) is 0.230. The smallest absolute Gasteiger partial charge is 0.358 e. The van der Waals surface area contributed by atoms with Crippen LogP contribution in [0.3, 0.4) is 0 Å². The van der Waals surface area contributed by atoms with Crippen LogP contribution in [0.15, 0.2) is 79.1 Å². The van der Waals surface area contributed by atoms with Crippen LogP contribution in [0.25, 0.3) is 16.6 Å². The first-order chi connectivity index (χ1) is 20.1. The molecule has 5 aromatic rings. The number of carbonyl (C=O) groups excluding carboxylic acids is 1. The second-order valence-electron chi connectivity index (χ2n) is 11.7. The third-order valence-corrected chi connectivity index (χ3v) is 9.43. The SMILES string of the molecule is CCc1ccc2c(C3(c4cc5c6c(c4)CCCN6CCC5)OC(=O)c4ncccc43)c(-c3ccccc3)c(C)n2c1. The molecule has 0 amide bonds. The summed E-state index contributed by atoms with van der Waals surface area (Å²) >= 11 is 0. The topological polar surface area (TPSA) is 46.8 Å². The molecule has 0 saturated carbocycles. The summed E-state index contributed by atoms with van der Waals surface area (Å²) in [6.07, 6.45) is 9.24. The van der Waals surface area contributed by atoms with E-state index in [0.717, 1.165) is 84.2 Å².